The van der Waals surface area contributed by atoms with Gasteiger partial charge in [0.05, 0.1) is 11.4 Å². The molecule has 1 saturated heterocycles. The van der Waals surface area contributed by atoms with E-state index in [0.717, 1.165) is 37.0 Å². The lowest BCUT2D eigenvalue weighted by Gasteiger charge is -2.36. The largest absolute Gasteiger partial charge is 0.397 e. The van der Waals surface area contributed by atoms with Crippen molar-refractivity contribution in [2.75, 3.05) is 41.7 Å². The molecule has 19 heavy (non-hydrogen) atoms. The number of halogens is 1. The van der Waals surface area contributed by atoms with E-state index in [2.05, 4.69) is 14.8 Å². The van der Waals surface area contributed by atoms with Crippen LogP contribution in [0.4, 0.5) is 20.9 Å². The molecule has 6 heteroatoms. The number of thiazole rings is 1. The zero-order valence-corrected chi connectivity index (χ0v) is 11.2. The molecule has 1 aliphatic rings. The highest BCUT2D eigenvalue weighted by Crippen LogP contribution is 2.26. The first-order chi connectivity index (χ1) is 9.24. The van der Waals surface area contributed by atoms with E-state index in [-0.39, 0.29) is 5.82 Å². The summed E-state index contributed by atoms with van der Waals surface area (Å²) in [5.41, 5.74) is 7.34. The monoisotopic (exact) mass is 278 g/mol. The number of rotatable bonds is 2. The average Bonchev–Trinajstić information content (AvgIpc) is 2.96. The minimum absolute atomic E-state index is 0.244. The topological polar surface area (TPSA) is 45.4 Å². The number of piperazine rings is 1. The van der Waals surface area contributed by atoms with Gasteiger partial charge in [-0.05, 0) is 18.2 Å². The standard InChI is InChI=1S/C13H15FN4S/c14-10-1-2-11(15)12(9-10)17-4-6-18(7-5-17)13-16-3-8-19-13/h1-3,8-9H,4-7,15H2. The Morgan fingerprint density at radius 2 is 1.89 bits per heavy atom. The molecule has 0 bridgehead atoms. The summed E-state index contributed by atoms with van der Waals surface area (Å²) in [6.45, 7) is 3.41. The number of hydrogen-bond donors (Lipinski definition) is 1. The van der Waals surface area contributed by atoms with Crippen LogP contribution in [-0.2, 0) is 0 Å². The Morgan fingerprint density at radius 3 is 2.58 bits per heavy atom. The molecule has 2 N–H and O–H groups in total. The van der Waals surface area contributed by atoms with E-state index < -0.39 is 0 Å². The van der Waals surface area contributed by atoms with Crippen molar-refractivity contribution in [2.24, 2.45) is 0 Å². The number of nitrogens with two attached hydrogens (primary N) is 1. The van der Waals surface area contributed by atoms with E-state index in [0.29, 0.717) is 5.69 Å². The number of aromatic nitrogens is 1. The Balaban J connectivity index is 1.71. The van der Waals surface area contributed by atoms with E-state index in [1.165, 1.54) is 12.1 Å². The zero-order chi connectivity index (χ0) is 13.2. The maximum atomic E-state index is 13.3. The molecule has 1 aliphatic heterocycles. The van der Waals surface area contributed by atoms with Crippen LogP contribution in [0.2, 0.25) is 0 Å². The van der Waals surface area contributed by atoms with Crippen molar-refractivity contribution in [3.63, 3.8) is 0 Å². The van der Waals surface area contributed by atoms with Crippen LogP contribution in [-0.4, -0.2) is 31.2 Å². The van der Waals surface area contributed by atoms with Gasteiger partial charge in [-0.3, -0.25) is 0 Å². The van der Waals surface area contributed by atoms with Crippen molar-refractivity contribution in [2.45, 2.75) is 0 Å². The first kappa shape index (κ1) is 12.2. The molecule has 2 heterocycles. The molecular formula is C13H15FN4S. The van der Waals surface area contributed by atoms with Gasteiger partial charge in [0.15, 0.2) is 5.13 Å². The Kier molecular flexibility index (Phi) is 3.25. The molecular weight excluding hydrogens is 263 g/mol. The third-order valence-corrected chi connectivity index (χ3v) is 4.13. The van der Waals surface area contributed by atoms with Crippen LogP contribution < -0.4 is 15.5 Å². The third-order valence-electron chi connectivity index (χ3n) is 3.30. The van der Waals surface area contributed by atoms with Gasteiger partial charge < -0.3 is 15.5 Å². The van der Waals surface area contributed by atoms with E-state index in [1.54, 1.807) is 17.4 Å². The number of hydrogen-bond acceptors (Lipinski definition) is 5. The van der Waals surface area contributed by atoms with Crippen molar-refractivity contribution in [1.82, 2.24) is 4.98 Å². The van der Waals surface area contributed by atoms with Crippen LogP contribution in [0.5, 0.6) is 0 Å². The molecule has 0 aliphatic carbocycles. The van der Waals surface area contributed by atoms with Crippen molar-refractivity contribution in [3.05, 3.63) is 35.6 Å². The van der Waals surface area contributed by atoms with Crippen LogP contribution in [0, 0.1) is 5.82 Å². The van der Waals surface area contributed by atoms with Gasteiger partial charge in [0, 0.05) is 37.8 Å². The number of nitrogens with zero attached hydrogens (tertiary/aromatic N) is 3. The summed E-state index contributed by atoms with van der Waals surface area (Å²) in [5, 5.41) is 3.03. The maximum Gasteiger partial charge on any atom is 0.185 e. The predicted octanol–water partition coefficient (Wildman–Crippen LogP) is 2.19. The fourth-order valence-electron chi connectivity index (χ4n) is 2.30. The molecule has 0 saturated carbocycles. The summed E-state index contributed by atoms with van der Waals surface area (Å²) in [4.78, 5) is 8.68. The lowest BCUT2D eigenvalue weighted by atomic mass is 10.2. The fraction of sp³-hybridized carbons (Fsp3) is 0.308. The molecule has 1 aromatic carbocycles. The highest BCUT2D eigenvalue weighted by molar-refractivity contribution is 7.13. The Morgan fingerprint density at radius 1 is 1.16 bits per heavy atom. The van der Waals surface area contributed by atoms with Gasteiger partial charge >= 0.3 is 0 Å². The van der Waals surface area contributed by atoms with Gasteiger partial charge in [0.25, 0.3) is 0 Å². The van der Waals surface area contributed by atoms with Crippen LogP contribution in [0.15, 0.2) is 29.8 Å². The second-order valence-corrected chi connectivity index (χ2v) is 5.36. The summed E-state index contributed by atoms with van der Waals surface area (Å²) in [6.07, 6.45) is 1.82. The Bertz CT molecular complexity index is 550. The molecule has 2 aromatic rings. The zero-order valence-electron chi connectivity index (χ0n) is 10.4. The maximum absolute atomic E-state index is 13.3. The van der Waals surface area contributed by atoms with Gasteiger partial charge in [-0.1, -0.05) is 0 Å². The highest BCUT2D eigenvalue weighted by atomic mass is 32.1. The summed E-state index contributed by atoms with van der Waals surface area (Å²) >= 11 is 1.64. The minimum Gasteiger partial charge on any atom is -0.397 e. The second kappa shape index (κ2) is 5.05. The first-order valence-corrected chi connectivity index (χ1v) is 7.06. The molecule has 1 fully saturated rings. The van der Waals surface area contributed by atoms with Crippen LogP contribution in [0.3, 0.4) is 0 Å². The first-order valence-electron chi connectivity index (χ1n) is 6.18. The minimum atomic E-state index is -0.244. The van der Waals surface area contributed by atoms with Crippen molar-refractivity contribution in [3.8, 4) is 0 Å². The smallest absolute Gasteiger partial charge is 0.185 e. The van der Waals surface area contributed by atoms with E-state index >= 15 is 0 Å². The lowest BCUT2D eigenvalue weighted by molar-refractivity contribution is 0.621. The normalized spacial score (nSPS) is 15.8. The van der Waals surface area contributed by atoms with Crippen LogP contribution in [0.1, 0.15) is 0 Å². The van der Waals surface area contributed by atoms with Gasteiger partial charge in [0.2, 0.25) is 0 Å². The summed E-state index contributed by atoms with van der Waals surface area (Å²) in [5.74, 6) is -0.244. The second-order valence-electron chi connectivity index (χ2n) is 4.49. The van der Waals surface area contributed by atoms with Gasteiger partial charge in [-0.25, -0.2) is 9.37 Å². The SMILES string of the molecule is Nc1ccc(F)cc1N1CCN(c2nccs2)CC1. The van der Waals surface area contributed by atoms with Crippen LogP contribution >= 0.6 is 11.3 Å². The predicted molar refractivity (Wildman–Crippen MR) is 77.4 cm³/mol. The molecule has 0 spiro atoms. The van der Waals surface area contributed by atoms with Crippen molar-refractivity contribution < 1.29 is 4.39 Å². The van der Waals surface area contributed by atoms with Gasteiger partial charge in [-0.15, -0.1) is 11.3 Å². The molecule has 0 amide bonds. The molecule has 3 rings (SSSR count). The highest BCUT2D eigenvalue weighted by Gasteiger charge is 2.20. The van der Waals surface area contributed by atoms with Crippen molar-refractivity contribution in [1.29, 1.82) is 0 Å². The number of nitrogen functional groups attached to an aromatic ring is 1. The van der Waals surface area contributed by atoms with E-state index in [1.807, 2.05) is 11.6 Å². The number of anilines is 3. The Labute approximate surface area is 115 Å². The number of benzene rings is 1. The van der Waals surface area contributed by atoms with Crippen molar-refractivity contribution >= 4 is 27.8 Å². The summed E-state index contributed by atoms with van der Waals surface area (Å²) < 4.78 is 13.3. The molecule has 0 atom stereocenters. The van der Waals surface area contributed by atoms with Crippen LogP contribution in [0.25, 0.3) is 0 Å². The third kappa shape index (κ3) is 2.49. The Hall–Kier alpha value is -1.82. The molecule has 100 valence electrons. The lowest BCUT2D eigenvalue weighted by Crippen LogP contribution is -2.46. The van der Waals surface area contributed by atoms with E-state index in [4.69, 9.17) is 5.73 Å². The molecule has 4 nitrogen and oxygen atoms in total. The molecule has 0 unspecified atom stereocenters. The molecule has 0 radical (unpaired) electrons. The molecule has 1 aromatic heterocycles. The van der Waals surface area contributed by atoms with Gasteiger partial charge in [0.1, 0.15) is 5.82 Å². The quantitative estimate of drug-likeness (QED) is 0.855. The van der Waals surface area contributed by atoms with Gasteiger partial charge in [-0.2, -0.15) is 0 Å². The van der Waals surface area contributed by atoms with E-state index in [9.17, 15) is 4.39 Å². The summed E-state index contributed by atoms with van der Waals surface area (Å²) in [6, 6.07) is 4.52. The average molecular weight is 278 g/mol. The fourth-order valence-corrected chi connectivity index (χ4v) is 3.00. The summed E-state index contributed by atoms with van der Waals surface area (Å²) in [7, 11) is 0.